The maximum Gasteiger partial charge on any atom is 0.436 e. The molecule has 0 atom stereocenters. The number of hydrogen-bond donors (Lipinski definition) is 1. The second-order valence-corrected chi connectivity index (χ2v) is 6.90. The van der Waals surface area contributed by atoms with Gasteiger partial charge in [-0.25, -0.2) is 0 Å². The number of aromatic nitrogens is 2. The summed E-state index contributed by atoms with van der Waals surface area (Å²) in [4.78, 5) is 14.2. The number of carbonyl (C=O) groups is 1. The molecule has 1 aromatic heterocycles. The smallest absolute Gasteiger partial charge is 0.356 e. The van der Waals surface area contributed by atoms with Gasteiger partial charge in [-0.15, -0.1) is 0 Å². The van der Waals surface area contributed by atoms with Crippen LogP contribution in [-0.4, -0.2) is 46.8 Å². The molecule has 0 spiro atoms. The summed E-state index contributed by atoms with van der Waals surface area (Å²) in [6.07, 6.45) is -2.05. The molecule has 0 aromatic carbocycles. The minimum atomic E-state index is -4.58. The summed E-state index contributed by atoms with van der Waals surface area (Å²) in [6.45, 7) is 7.67. The molecule has 26 heavy (non-hydrogen) atoms. The lowest BCUT2D eigenvalue weighted by molar-refractivity contribution is -0.141. The van der Waals surface area contributed by atoms with Gasteiger partial charge in [0, 0.05) is 18.9 Å². The third kappa shape index (κ3) is 5.61. The number of hydrogen-bond acceptors (Lipinski definition) is 3. The van der Waals surface area contributed by atoms with Crippen LogP contribution in [0.15, 0.2) is 0 Å². The molecule has 1 heterocycles. The number of aryl methyl sites for hydroxylation is 1. The van der Waals surface area contributed by atoms with Crippen LogP contribution in [0.3, 0.4) is 0 Å². The Morgan fingerprint density at radius 2 is 2.00 bits per heavy atom. The molecule has 0 radical (unpaired) electrons. The van der Waals surface area contributed by atoms with Crippen molar-refractivity contribution in [2.75, 3.05) is 26.2 Å². The summed E-state index contributed by atoms with van der Waals surface area (Å²) >= 11 is 5.92. The quantitative estimate of drug-likeness (QED) is 0.616. The molecule has 2 rings (SSSR count). The molecular weight excluding hydrogens is 369 g/mol. The fourth-order valence-electron chi connectivity index (χ4n) is 2.92. The first-order chi connectivity index (χ1) is 12.3. The molecule has 9 heteroatoms. The normalized spacial score (nSPS) is 14.9. The summed E-state index contributed by atoms with van der Waals surface area (Å²) in [5, 5.41) is 6.12. The van der Waals surface area contributed by atoms with E-state index in [4.69, 9.17) is 11.6 Å². The zero-order valence-electron chi connectivity index (χ0n) is 15.2. The second kappa shape index (κ2) is 9.08. The summed E-state index contributed by atoms with van der Waals surface area (Å²) in [6, 6.07) is 0. The largest absolute Gasteiger partial charge is 0.436 e. The lowest BCUT2D eigenvalue weighted by atomic mass is 10.2. The Hall–Kier alpha value is -1.28. The van der Waals surface area contributed by atoms with Gasteiger partial charge in [-0.3, -0.25) is 9.48 Å². The minimum Gasteiger partial charge on any atom is -0.356 e. The average molecular weight is 395 g/mol. The van der Waals surface area contributed by atoms with E-state index in [9.17, 15) is 18.0 Å². The number of halogens is 4. The van der Waals surface area contributed by atoms with Gasteiger partial charge in [-0.05, 0) is 38.9 Å². The van der Waals surface area contributed by atoms with E-state index in [0.29, 0.717) is 12.2 Å². The van der Waals surface area contributed by atoms with Crippen LogP contribution in [0.4, 0.5) is 13.2 Å². The Labute approximate surface area is 156 Å². The Balaban J connectivity index is 1.86. The molecule has 0 saturated heterocycles. The van der Waals surface area contributed by atoms with E-state index < -0.39 is 11.9 Å². The van der Waals surface area contributed by atoms with Gasteiger partial charge >= 0.3 is 6.18 Å². The summed E-state index contributed by atoms with van der Waals surface area (Å²) in [5.74, 6) is -0.172. The van der Waals surface area contributed by atoms with Crippen LogP contribution >= 0.6 is 11.6 Å². The maximum atomic E-state index is 13.0. The average Bonchev–Trinajstić information content (AvgIpc) is 3.35. The SMILES string of the molecule is CCN(CC)CCCNC(=O)CCn1nc(C(F)(F)F)c(Cl)c1C1CC1. The topological polar surface area (TPSA) is 50.2 Å². The lowest BCUT2D eigenvalue weighted by Gasteiger charge is -2.17. The zero-order valence-corrected chi connectivity index (χ0v) is 16.0. The molecule has 1 aromatic rings. The van der Waals surface area contributed by atoms with Crippen LogP contribution in [0.1, 0.15) is 56.8 Å². The van der Waals surface area contributed by atoms with Gasteiger partial charge in [0.05, 0.1) is 17.3 Å². The summed E-state index contributed by atoms with van der Waals surface area (Å²) in [5.41, 5.74) is -0.644. The predicted octanol–water partition coefficient (Wildman–Crippen LogP) is 3.67. The van der Waals surface area contributed by atoms with Crippen molar-refractivity contribution in [3.63, 3.8) is 0 Å². The van der Waals surface area contributed by atoms with Gasteiger partial charge in [-0.1, -0.05) is 25.4 Å². The second-order valence-electron chi connectivity index (χ2n) is 6.52. The Bertz CT molecular complexity index is 610. The van der Waals surface area contributed by atoms with Gasteiger partial charge < -0.3 is 10.2 Å². The van der Waals surface area contributed by atoms with Gasteiger partial charge in [0.15, 0.2) is 5.69 Å². The number of nitrogens with zero attached hydrogens (tertiary/aromatic N) is 3. The summed E-state index contributed by atoms with van der Waals surface area (Å²) < 4.78 is 40.3. The molecule has 1 aliphatic carbocycles. The van der Waals surface area contributed by atoms with Crippen molar-refractivity contribution in [3.8, 4) is 0 Å². The van der Waals surface area contributed by atoms with Crippen molar-refractivity contribution in [1.82, 2.24) is 20.0 Å². The summed E-state index contributed by atoms with van der Waals surface area (Å²) in [7, 11) is 0. The van der Waals surface area contributed by atoms with Crippen LogP contribution < -0.4 is 5.32 Å². The molecule has 1 amide bonds. The zero-order chi connectivity index (χ0) is 19.3. The highest BCUT2D eigenvalue weighted by Crippen LogP contribution is 2.46. The van der Waals surface area contributed by atoms with E-state index >= 15 is 0 Å². The number of rotatable bonds is 10. The fourth-order valence-corrected chi connectivity index (χ4v) is 3.31. The van der Waals surface area contributed by atoms with Crippen molar-refractivity contribution in [2.24, 2.45) is 0 Å². The first-order valence-electron chi connectivity index (χ1n) is 9.10. The Morgan fingerprint density at radius 1 is 1.35 bits per heavy atom. The number of alkyl halides is 3. The predicted molar refractivity (Wildman–Crippen MR) is 94.2 cm³/mol. The molecular formula is C17H26ClF3N4O. The molecule has 1 N–H and O–H groups in total. The molecule has 148 valence electrons. The Morgan fingerprint density at radius 3 is 2.54 bits per heavy atom. The third-order valence-electron chi connectivity index (χ3n) is 4.58. The van der Waals surface area contributed by atoms with Crippen molar-refractivity contribution >= 4 is 17.5 Å². The van der Waals surface area contributed by atoms with E-state index in [1.807, 2.05) is 0 Å². The van der Waals surface area contributed by atoms with Gasteiger partial charge in [-0.2, -0.15) is 18.3 Å². The van der Waals surface area contributed by atoms with E-state index in [2.05, 4.69) is 29.2 Å². The third-order valence-corrected chi connectivity index (χ3v) is 4.96. The van der Waals surface area contributed by atoms with Crippen LogP contribution in [-0.2, 0) is 17.5 Å². The lowest BCUT2D eigenvalue weighted by Crippen LogP contribution is -2.30. The van der Waals surface area contributed by atoms with E-state index in [1.165, 1.54) is 4.68 Å². The van der Waals surface area contributed by atoms with Gasteiger partial charge in [0.2, 0.25) is 5.91 Å². The molecule has 0 unspecified atom stereocenters. The van der Waals surface area contributed by atoms with Gasteiger partial charge in [0.25, 0.3) is 0 Å². The molecule has 1 aliphatic rings. The molecule has 0 bridgehead atoms. The van der Waals surface area contributed by atoms with E-state index in [-0.39, 0.29) is 29.8 Å². The van der Waals surface area contributed by atoms with Crippen LogP contribution in [0, 0.1) is 0 Å². The van der Waals surface area contributed by atoms with Crippen molar-refractivity contribution in [1.29, 1.82) is 0 Å². The van der Waals surface area contributed by atoms with Crippen molar-refractivity contribution in [2.45, 2.75) is 58.2 Å². The molecule has 0 aliphatic heterocycles. The van der Waals surface area contributed by atoms with Crippen LogP contribution in [0.5, 0.6) is 0 Å². The Kier molecular flexibility index (Phi) is 7.34. The number of nitrogens with one attached hydrogen (secondary N) is 1. The minimum absolute atomic E-state index is 0.0169. The van der Waals surface area contributed by atoms with Gasteiger partial charge in [0.1, 0.15) is 0 Å². The van der Waals surface area contributed by atoms with Crippen molar-refractivity contribution < 1.29 is 18.0 Å². The van der Waals surface area contributed by atoms with Crippen LogP contribution in [0.2, 0.25) is 5.02 Å². The highest BCUT2D eigenvalue weighted by molar-refractivity contribution is 6.32. The number of amides is 1. The van der Waals surface area contributed by atoms with Crippen LogP contribution in [0.25, 0.3) is 0 Å². The fraction of sp³-hybridized carbons (Fsp3) is 0.765. The first-order valence-corrected chi connectivity index (χ1v) is 9.48. The highest BCUT2D eigenvalue weighted by Gasteiger charge is 2.41. The molecule has 1 saturated carbocycles. The van der Waals surface area contributed by atoms with Crippen molar-refractivity contribution in [3.05, 3.63) is 16.4 Å². The maximum absolute atomic E-state index is 13.0. The first kappa shape index (κ1) is 21.0. The highest BCUT2D eigenvalue weighted by atomic mass is 35.5. The van der Waals surface area contributed by atoms with E-state index in [0.717, 1.165) is 38.9 Å². The number of carbonyl (C=O) groups excluding carboxylic acids is 1. The molecule has 5 nitrogen and oxygen atoms in total. The van der Waals surface area contributed by atoms with E-state index in [1.54, 1.807) is 0 Å². The standard InChI is InChI=1S/C17H26ClF3N4O/c1-3-24(4-2)10-5-9-22-13(26)8-11-25-15(12-6-7-12)14(18)16(23-25)17(19,20)21/h12H,3-11H2,1-2H3,(H,22,26). The molecule has 1 fully saturated rings. The monoisotopic (exact) mass is 394 g/mol.